The van der Waals surface area contributed by atoms with Gasteiger partial charge in [0.1, 0.15) is 5.75 Å². The molecule has 0 aromatic heterocycles. The third-order valence-electron chi connectivity index (χ3n) is 2.22. The Morgan fingerprint density at radius 1 is 1.50 bits per heavy atom. The van der Waals surface area contributed by atoms with Gasteiger partial charge in [0.25, 0.3) is 5.91 Å². The molecule has 0 heterocycles. The summed E-state index contributed by atoms with van der Waals surface area (Å²) in [4.78, 5) is 11.7. The fourth-order valence-electron chi connectivity index (χ4n) is 1.22. The number of hydrogen-bond acceptors (Lipinski definition) is 3. The van der Waals surface area contributed by atoms with Crippen LogP contribution in [0.15, 0.2) is 24.3 Å². The lowest BCUT2D eigenvalue weighted by molar-refractivity contribution is -0.127. The van der Waals surface area contributed by atoms with Crippen LogP contribution in [0.1, 0.15) is 13.8 Å². The van der Waals surface area contributed by atoms with Crippen LogP contribution in [0.2, 0.25) is 5.02 Å². The molecule has 3 N–H and O–H groups in total. The van der Waals surface area contributed by atoms with Crippen LogP contribution in [-0.4, -0.2) is 24.6 Å². The summed E-state index contributed by atoms with van der Waals surface area (Å²) >= 11 is 5.82. The lowest BCUT2D eigenvalue weighted by atomic mass is 10.3. The minimum Gasteiger partial charge on any atom is -0.481 e. The van der Waals surface area contributed by atoms with Crippen LogP contribution in [0.3, 0.4) is 0 Å². The SMILES string of the molecule is CC(Oc1cccc(Cl)c1)C(=O)N[C@H](C)CN.Cl. The Labute approximate surface area is 118 Å². The van der Waals surface area contributed by atoms with Gasteiger partial charge in [0.05, 0.1) is 0 Å². The highest BCUT2D eigenvalue weighted by Gasteiger charge is 2.16. The molecular weight excluding hydrogens is 275 g/mol. The first-order valence-electron chi connectivity index (χ1n) is 5.45. The molecule has 0 aliphatic carbocycles. The van der Waals surface area contributed by atoms with Crippen molar-refractivity contribution in [2.45, 2.75) is 26.0 Å². The highest BCUT2D eigenvalue weighted by molar-refractivity contribution is 6.30. The minimum absolute atomic E-state index is 0. The van der Waals surface area contributed by atoms with Gasteiger partial charge >= 0.3 is 0 Å². The van der Waals surface area contributed by atoms with E-state index < -0.39 is 6.10 Å². The van der Waals surface area contributed by atoms with E-state index in [4.69, 9.17) is 22.1 Å². The van der Waals surface area contributed by atoms with Crippen molar-refractivity contribution in [1.82, 2.24) is 5.32 Å². The Kier molecular flexibility index (Phi) is 7.75. The van der Waals surface area contributed by atoms with Crippen molar-refractivity contribution >= 4 is 29.9 Å². The van der Waals surface area contributed by atoms with Crippen LogP contribution >= 0.6 is 24.0 Å². The highest BCUT2D eigenvalue weighted by atomic mass is 35.5. The topological polar surface area (TPSA) is 64.3 Å². The first-order chi connectivity index (χ1) is 8.02. The number of benzene rings is 1. The maximum absolute atomic E-state index is 11.7. The van der Waals surface area contributed by atoms with Gasteiger partial charge in [-0.3, -0.25) is 4.79 Å². The van der Waals surface area contributed by atoms with Gasteiger partial charge in [-0.1, -0.05) is 17.7 Å². The van der Waals surface area contributed by atoms with Crippen LogP contribution in [0.25, 0.3) is 0 Å². The molecule has 1 aromatic carbocycles. The minimum atomic E-state index is -0.581. The molecule has 2 atom stereocenters. The van der Waals surface area contributed by atoms with Crippen molar-refractivity contribution in [1.29, 1.82) is 0 Å². The molecule has 0 spiro atoms. The Morgan fingerprint density at radius 3 is 2.72 bits per heavy atom. The molecule has 4 nitrogen and oxygen atoms in total. The van der Waals surface area contributed by atoms with E-state index >= 15 is 0 Å². The second kappa shape index (κ2) is 8.19. The molecule has 0 saturated heterocycles. The average Bonchev–Trinajstić information content (AvgIpc) is 2.28. The number of nitrogens with two attached hydrogens (primary N) is 1. The van der Waals surface area contributed by atoms with E-state index in [1.54, 1.807) is 31.2 Å². The summed E-state index contributed by atoms with van der Waals surface area (Å²) in [5, 5.41) is 3.32. The predicted molar refractivity (Wildman–Crippen MR) is 75.4 cm³/mol. The molecule has 1 rings (SSSR count). The normalized spacial score (nSPS) is 13.1. The third kappa shape index (κ3) is 5.58. The number of halogens is 2. The van der Waals surface area contributed by atoms with Gasteiger partial charge in [-0.25, -0.2) is 0 Å². The molecule has 6 heteroatoms. The molecule has 0 bridgehead atoms. The Morgan fingerprint density at radius 2 is 2.17 bits per heavy atom. The molecule has 1 aromatic rings. The molecular formula is C12H18Cl2N2O2. The molecule has 102 valence electrons. The van der Waals surface area contributed by atoms with Gasteiger partial charge in [0.15, 0.2) is 6.10 Å². The zero-order valence-electron chi connectivity index (χ0n) is 10.4. The summed E-state index contributed by atoms with van der Waals surface area (Å²) in [6.45, 7) is 3.92. The first kappa shape index (κ1) is 17.0. The number of carbonyl (C=O) groups excluding carboxylic acids is 1. The van der Waals surface area contributed by atoms with E-state index in [0.29, 0.717) is 17.3 Å². The van der Waals surface area contributed by atoms with E-state index in [1.165, 1.54) is 0 Å². The largest absolute Gasteiger partial charge is 0.481 e. The van der Waals surface area contributed by atoms with Crippen LogP contribution in [0.5, 0.6) is 5.75 Å². The van der Waals surface area contributed by atoms with Crippen molar-refractivity contribution in [3.05, 3.63) is 29.3 Å². The van der Waals surface area contributed by atoms with Gasteiger partial charge in [-0.2, -0.15) is 0 Å². The summed E-state index contributed by atoms with van der Waals surface area (Å²) < 4.78 is 5.47. The van der Waals surface area contributed by atoms with Crippen LogP contribution in [0, 0.1) is 0 Å². The number of carbonyl (C=O) groups is 1. The Bertz CT molecular complexity index is 388. The zero-order valence-corrected chi connectivity index (χ0v) is 11.9. The quantitative estimate of drug-likeness (QED) is 0.872. The summed E-state index contributed by atoms with van der Waals surface area (Å²) in [6, 6.07) is 6.87. The van der Waals surface area contributed by atoms with Gasteiger partial charge in [-0.05, 0) is 32.0 Å². The number of nitrogens with one attached hydrogen (secondary N) is 1. The third-order valence-corrected chi connectivity index (χ3v) is 2.46. The van der Waals surface area contributed by atoms with Gasteiger partial charge in [0.2, 0.25) is 0 Å². The smallest absolute Gasteiger partial charge is 0.261 e. The van der Waals surface area contributed by atoms with E-state index in [0.717, 1.165) is 0 Å². The molecule has 18 heavy (non-hydrogen) atoms. The maximum Gasteiger partial charge on any atom is 0.261 e. The van der Waals surface area contributed by atoms with E-state index in [-0.39, 0.29) is 24.4 Å². The maximum atomic E-state index is 11.7. The van der Waals surface area contributed by atoms with Crippen LogP contribution in [0.4, 0.5) is 0 Å². The van der Waals surface area contributed by atoms with Crippen molar-refractivity contribution in [2.75, 3.05) is 6.54 Å². The molecule has 1 amide bonds. The second-order valence-corrected chi connectivity index (χ2v) is 4.30. The van der Waals surface area contributed by atoms with Crippen molar-refractivity contribution in [2.24, 2.45) is 5.73 Å². The Balaban J connectivity index is 0.00000289. The van der Waals surface area contributed by atoms with Gasteiger partial charge in [-0.15, -0.1) is 12.4 Å². The average molecular weight is 293 g/mol. The van der Waals surface area contributed by atoms with E-state index in [9.17, 15) is 4.79 Å². The number of hydrogen-bond donors (Lipinski definition) is 2. The fraction of sp³-hybridized carbons (Fsp3) is 0.417. The zero-order chi connectivity index (χ0) is 12.8. The van der Waals surface area contributed by atoms with Crippen molar-refractivity contribution in [3.63, 3.8) is 0 Å². The van der Waals surface area contributed by atoms with E-state index in [2.05, 4.69) is 5.32 Å². The van der Waals surface area contributed by atoms with Crippen molar-refractivity contribution in [3.8, 4) is 5.75 Å². The molecule has 0 aliphatic heterocycles. The van der Waals surface area contributed by atoms with Crippen LogP contribution < -0.4 is 15.8 Å². The highest BCUT2D eigenvalue weighted by Crippen LogP contribution is 2.18. The van der Waals surface area contributed by atoms with Gasteiger partial charge < -0.3 is 15.8 Å². The molecule has 0 fully saturated rings. The molecule has 0 aliphatic rings. The number of rotatable bonds is 5. The Hall–Kier alpha value is -0.970. The van der Waals surface area contributed by atoms with E-state index in [1.807, 2.05) is 6.92 Å². The predicted octanol–water partition coefficient (Wildman–Crippen LogP) is 1.99. The lowest BCUT2D eigenvalue weighted by Gasteiger charge is -2.17. The van der Waals surface area contributed by atoms with Crippen LogP contribution in [-0.2, 0) is 4.79 Å². The standard InChI is InChI=1S/C12H17ClN2O2.ClH/c1-8(7-14)15-12(16)9(2)17-11-5-3-4-10(13)6-11;/h3-6,8-9H,7,14H2,1-2H3,(H,15,16);1H/t8-,9?;/m1./s1. The summed E-state index contributed by atoms with van der Waals surface area (Å²) in [5.74, 6) is 0.378. The summed E-state index contributed by atoms with van der Waals surface area (Å²) in [6.07, 6.45) is -0.581. The monoisotopic (exact) mass is 292 g/mol. The number of amides is 1. The molecule has 1 unspecified atom stereocenters. The number of ether oxygens (including phenoxy) is 1. The summed E-state index contributed by atoms with van der Waals surface area (Å²) in [5.41, 5.74) is 5.42. The lowest BCUT2D eigenvalue weighted by Crippen LogP contribution is -2.44. The second-order valence-electron chi connectivity index (χ2n) is 3.86. The fourth-order valence-corrected chi connectivity index (χ4v) is 1.40. The molecule has 0 saturated carbocycles. The summed E-state index contributed by atoms with van der Waals surface area (Å²) in [7, 11) is 0. The van der Waals surface area contributed by atoms with Gasteiger partial charge in [0, 0.05) is 17.6 Å². The first-order valence-corrected chi connectivity index (χ1v) is 5.83. The molecule has 0 radical (unpaired) electrons. The van der Waals surface area contributed by atoms with Crippen molar-refractivity contribution < 1.29 is 9.53 Å².